The molecule has 0 unspecified atom stereocenters. The summed E-state index contributed by atoms with van der Waals surface area (Å²) in [5.41, 5.74) is 12.5. The lowest BCUT2D eigenvalue weighted by atomic mass is 10.3. The maximum absolute atomic E-state index is 5.64. The minimum absolute atomic E-state index is 0.395. The molecule has 0 amide bonds. The zero-order chi connectivity index (χ0) is 8.01. The molecule has 5 heteroatoms. The summed E-state index contributed by atoms with van der Waals surface area (Å²) in [6.45, 7) is 0. The normalized spacial score (nSPS) is 10.9. The molecule has 0 spiro atoms. The van der Waals surface area contributed by atoms with E-state index in [1.807, 2.05) is 6.07 Å². The summed E-state index contributed by atoms with van der Waals surface area (Å²) in [4.78, 5) is 2.93. The van der Waals surface area contributed by atoms with E-state index in [1.165, 1.54) is 4.68 Å². The number of aromatic nitrogens is 2. The van der Waals surface area contributed by atoms with Gasteiger partial charge in [0.25, 0.3) is 0 Å². The first-order valence-corrected chi connectivity index (χ1v) is 3.19. The number of aromatic amines is 1. The maximum Gasteiger partial charge on any atom is 0.148 e. The highest BCUT2D eigenvalue weighted by Crippen LogP contribution is 2.26. The highest BCUT2D eigenvalue weighted by Gasteiger charge is 2.09. The van der Waals surface area contributed by atoms with Gasteiger partial charge in [-0.3, -0.25) is 0 Å². The van der Waals surface area contributed by atoms with E-state index >= 15 is 0 Å². The smallest absolute Gasteiger partial charge is 0.148 e. The molecule has 0 aliphatic heterocycles. The van der Waals surface area contributed by atoms with Gasteiger partial charge in [-0.1, -0.05) is 0 Å². The Morgan fingerprint density at radius 2 is 2.09 bits per heavy atom. The highest BCUT2D eigenvalue weighted by atomic mass is 15.3. The van der Waals surface area contributed by atoms with Gasteiger partial charge in [0.05, 0.1) is 5.69 Å². The third kappa shape index (κ3) is 0.542. The Kier molecular flexibility index (Phi) is 0.883. The van der Waals surface area contributed by atoms with Crippen LogP contribution in [0.15, 0.2) is 12.3 Å². The lowest BCUT2D eigenvalue weighted by molar-refractivity contribution is 1.06. The Morgan fingerprint density at radius 3 is 2.73 bits per heavy atom. The number of H-pyrrole nitrogens is 1. The molecule has 0 aliphatic carbocycles. The number of nitrogen functional groups attached to an aromatic ring is 3. The summed E-state index contributed by atoms with van der Waals surface area (Å²) in [6.07, 6.45) is 1.77. The molecule has 0 atom stereocenters. The first-order chi connectivity index (χ1) is 5.22. The van der Waals surface area contributed by atoms with Crippen molar-refractivity contribution < 1.29 is 0 Å². The van der Waals surface area contributed by atoms with Crippen molar-refractivity contribution in [2.45, 2.75) is 0 Å². The van der Waals surface area contributed by atoms with Crippen molar-refractivity contribution in [1.82, 2.24) is 9.66 Å². The van der Waals surface area contributed by atoms with Crippen LogP contribution in [0.25, 0.3) is 11.0 Å². The molecule has 58 valence electrons. The Bertz CT molecular complexity index is 362. The van der Waals surface area contributed by atoms with Crippen LogP contribution < -0.4 is 17.3 Å². The Labute approximate surface area is 62.7 Å². The number of fused-ring (bicyclic) bond motifs is 1. The second-order valence-corrected chi connectivity index (χ2v) is 2.41. The molecule has 7 N–H and O–H groups in total. The minimum atomic E-state index is 0.395. The summed E-state index contributed by atoms with van der Waals surface area (Å²) in [5.74, 6) is 5.96. The number of nitrogens with zero attached hydrogens (tertiary/aromatic N) is 1. The molecule has 2 rings (SSSR count). The van der Waals surface area contributed by atoms with Crippen LogP contribution in [0, 0.1) is 0 Å². The first-order valence-electron chi connectivity index (χ1n) is 3.19. The van der Waals surface area contributed by atoms with E-state index in [0.717, 1.165) is 11.0 Å². The Morgan fingerprint density at radius 1 is 1.36 bits per heavy atom. The summed E-state index contributed by atoms with van der Waals surface area (Å²) in [7, 11) is 0. The van der Waals surface area contributed by atoms with E-state index in [0.29, 0.717) is 11.5 Å². The number of nitrogens with two attached hydrogens (primary N) is 3. The van der Waals surface area contributed by atoms with Crippen molar-refractivity contribution in [2.24, 2.45) is 0 Å². The molecule has 0 saturated carbocycles. The van der Waals surface area contributed by atoms with E-state index in [2.05, 4.69) is 4.98 Å². The molecule has 2 aromatic rings. The molecule has 0 saturated heterocycles. The third-order valence-electron chi connectivity index (χ3n) is 1.79. The average molecular weight is 151 g/mol. The van der Waals surface area contributed by atoms with Crippen LogP contribution >= 0.6 is 0 Å². The van der Waals surface area contributed by atoms with Crippen molar-refractivity contribution in [3.63, 3.8) is 0 Å². The molecular weight excluding hydrogens is 142 g/mol. The van der Waals surface area contributed by atoms with Crippen molar-refractivity contribution in [1.29, 1.82) is 0 Å². The molecule has 5 nitrogen and oxygen atoms in total. The van der Waals surface area contributed by atoms with Crippen LogP contribution in [0.5, 0.6) is 0 Å². The zero-order valence-electron chi connectivity index (χ0n) is 5.83. The van der Waals surface area contributed by atoms with E-state index in [-0.39, 0.29) is 0 Å². The van der Waals surface area contributed by atoms with Gasteiger partial charge in [0.15, 0.2) is 0 Å². The number of rotatable bonds is 0. The largest absolute Gasteiger partial charge is 0.395 e. The van der Waals surface area contributed by atoms with Gasteiger partial charge in [-0.15, -0.1) is 0 Å². The van der Waals surface area contributed by atoms with Gasteiger partial charge in [-0.25, -0.2) is 4.68 Å². The van der Waals surface area contributed by atoms with Gasteiger partial charge < -0.3 is 22.3 Å². The van der Waals surface area contributed by atoms with Gasteiger partial charge in [-0.05, 0) is 6.07 Å². The monoisotopic (exact) mass is 151 g/mol. The number of hydrogen-bond donors (Lipinski definition) is 4. The molecule has 0 aliphatic rings. The lowest BCUT2D eigenvalue weighted by Crippen LogP contribution is -2.12. The summed E-state index contributed by atoms with van der Waals surface area (Å²) >= 11 is 0. The van der Waals surface area contributed by atoms with Gasteiger partial charge in [0.1, 0.15) is 11.5 Å². The minimum Gasteiger partial charge on any atom is -0.395 e. The maximum atomic E-state index is 5.64. The quantitative estimate of drug-likeness (QED) is 0.394. The van der Waals surface area contributed by atoms with Crippen LogP contribution in [0.2, 0.25) is 0 Å². The van der Waals surface area contributed by atoms with E-state index in [9.17, 15) is 0 Å². The molecule has 0 bridgehead atoms. The van der Waals surface area contributed by atoms with Crippen LogP contribution in [0.1, 0.15) is 0 Å². The van der Waals surface area contributed by atoms with Crippen LogP contribution in [0.4, 0.5) is 11.5 Å². The Hall–Kier alpha value is -1.78. The van der Waals surface area contributed by atoms with Gasteiger partial charge >= 0.3 is 0 Å². The summed E-state index contributed by atoms with van der Waals surface area (Å²) in [6, 6.07) is 1.84. The number of anilines is 2. The molecule has 0 radical (unpaired) electrons. The van der Waals surface area contributed by atoms with Gasteiger partial charge in [0.2, 0.25) is 0 Å². The van der Waals surface area contributed by atoms with Gasteiger partial charge in [0, 0.05) is 11.6 Å². The van der Waals surface area contributed by atoms with Crippen LogP contribution in [0.3, 0.4) is 0 Å². The van der Waals surface area contributed by atoms with Crippen molar-refractivity contribution in [3.05, 3.63) is 12.3 Å². The van der Waals surface area contributed by atoms with Gasteiger partial charge in [-0.2, -0.15) is 0 Å². The van der Waals surface area contributed by atoms with Crippen molar-refractivity contribution in [2.75, 3.05) is 17.3 Å². The SMILES string of the molecule is Nc1c(N)n(N)c2[nH]ccc12. The van der Waals surface area contributed by atoms with E-state index in [4.69, 9.17) is 17.3 Å². The lowest BCUT2D eigenvalue weighted by Gasteiger charge is -1.95. The second-order valence-electron chi connectivity index (χ2n) is 2.41. The molecular formula is C6H9N5. The summed E-state index contributed by atoms with van der Waals surface area (Å²) < 4.78 is 1.34. The van der Waals surface area contributed by atoms with Crippen LogP contribution in [-0.4, -0.2) is 9.66 Å². The molecule has 0 fully saturated rings. The molecule has 2 heterocycles. The predicted octanol–water partition coefficient (Wildman–Crippen LogP) is -0.152. The van der Waals surface area contributed by atoms with Crippen molar-refractivity contribution in [3.8, 4) is 0 Å². The number of hydrogen-bond acceptors (Lipinski definition) is 3. The second kappa shape index (κ2) is 1.63. The molecule has 2 aromatic heterocycles. The topological polar surface area (TPSA) is 98.8 Å². The fourth-order valence-corrected chi connectivity index (χ4v) is 1.17. The predicted molar refractivity (Wildman–Crippen MR) is 45.3 cm³/mol. The average Bonchev–Trinajstić information content (AvgIpc) is 2.53. The molecule has 11 heavy (non-hydrogen) atoms. The summed E-state index contributed by atoms with van der Waals surface area (Å²) in [5, 5.41) is 0.866. The third-order valence-corrected chi connectivity index (χ3v) is 1.79. The standard InChI is InChI=1S/C6H9N5/c7-4-3-1-2-10-6(3)11(9)5(4)8/h1-2,10H,7-9H2. The van der Waals surface area contributed by atoms with E-state index in [1.54, 1.807) is 6.20 Å². The van der Waals surface area contributed by atoms with Crippen LogP contribution in [-0.2, 0) is 0 Å². The highest BCUT2D eigenvalue weighted by molar-refractivity contribution is 5.96. The first kappa shape index (κ1) is 5.96. The van der Waals surface area contributed by atoms with E-state index < -0.39 is 0 Å². The molecule has 0 aromatic carbocycles. The number of nitrogens with one attached hydrogen (secondary N) is 1. The fourth-order valence-electron chi connectivity index (χ4n) is 1.17. The zero-order valence-corrected chi connectivity index (χ0v) is 5.83. The Balaban J connectivity index is 3.00. The fraction of sp³-hybridized carbons (Fsp3) is 0. The van der Waals surface area contributed by atoms with Crippen molar-refractivity contribution >= 4 is 22.5 Å².